The number of benzene rings is 2. The van der Waals surface area contributed by atoms with Crippen molar-refractivity contribution >= 4 is 33.0 Å². The van der Waals surface area contributed by atoms with Crippen LogP contribution in [0.2, 0.25) is 0 Å². The highest BCUT2D eigenvalue weighted by atomic mass is 32.2. The van der Waals surface area contributed by atoms with Gasteiger partial charge in [0.15, 0.2) is 11.4 Å². The number of hydrogen-bond acceptors (Lipinski definition) is 8. The number of fused-ring (bicyclic) bond motifs is 3. The molecule has 0 atom stereocenters. The van der Waals surface area contributed by atoms with Gasteiger partial charge >= 0.3 is 0 Å². The van der Waals surface area contributed by atoms with E-state index in [0.717, 1.165) is 11.1 Å². The Hall–Kier alpha value is -3.53. The highest BCUT2D eigenvalue weighted by molar-refractivity contribution is 7.92. The number of nitrogens with one attached hydrogen (secondary N) is 3. The second kappa shape index (κ2) is 8.31. The van der Waals surface area contributed by atoms with Crippen LogP contribution in [0, 0.1) is 12.3 Å². The first-order chi connectivity index (χ1) is 15.0. The van der Waals surface area contributed by atoms with E-state index in [2.05, 4.69) is 15.2 Å². The quantitative estimate of drug-likeness (QED) is 0.458. The van der Waals surface area contributed by atoms with Crippen molar-refractivity contribution in [3.63, 3.8) is 0 Å². The maximum atomic E-state index is 13.2. The molecule has 1 aliphatic heterocycles. The van der Waals surface area contributed by atoms with Crippen LogP contribution >= 0.6 is 0 Å². The predicted molar refractivity (Wildman–Crippen MR) is 117 cm³/mol. The zero-order valence-electron chi connectivity index (χ0n) is 17.1. The molecule has 10 heteroatoms. The zero-order chi connectivity index (χ0) is 22.0. The molecule has 1 aliphatic rings. The number of ether oxygens (including phenoxy) is 2. The smallest absolute Gasteiger partial charge is 0.267 e. The van der Waals surface area contributed by atoms with Crippen molar-refractivity contribution in [3.8, 4) is 11.5 Å². The molecule has 4 rings (SSSR count). The summed E-state index contributed by atoms with van der Waals surface area (Å²) in [5, 5.41) is 14.6. The van der Waals surface area contributed by atoms with Gasteiger partial charge in [-0.3, -0.25) is 4.72 Å². The van der Waals surface area contributed by atoms with Crippen LogP contribution in [0.15, 0.2) is 46.0 Å². The average molecular weight is 442 g/mol. The van der Waals surface area contributed by atoms with Gasteiger partial charge in [-0.15, -0.1) is 0 Å². The summed E-state index contributed by atoms with van der Waals surface area (Å²) in [6.07, 6.45) is 5.13. The van der Waals surface area contributed by atoms with E-state index in [1.165, 1.54) is 13.3 Å². The summed E-state index contributed by atoms with van der Waals surface area (Å²) in [5.41, 5.74) is 2.90. The number of aryl methyl sites for hydroxylation is 1. The second-order valence-electron chi connectivity index (χ2n) is 6.96. The Labute approximate surface area is 179 Å². The van der Waals surface area contributed by atoms with Gasteiger partial charge in [0, 0.05) is 24.7 Å². The molecule has 31 heavy (non-hydrogen) atoms. The van der Waals surface area contributed by atoms with Crippen LogP contribution in [0.1, 0.15) is 16.7 Å². The Morgan fingerprint density at radius 1 is 1.35 bits per heavy atom. The number of nitrogens with zero attached hydrogens (tertiary/aromatic N) is 1. The van der Waals surface area contributed by atoms with Crippen LogP contribution in [0.4, 0.5) is 5.82 Å². The Morgan fingerprint density at radius 3 is 2.97 bits per heavy atom. The maximum Gasteiger partial charge on any atom is 0.267 e. The van der Waals surface area contributed by atoms with Gasteiger partial charge in [-0.2, -0.15) is 0 Å². The first-order valence-corrected chi connectivity index (χ1v) is 11.1. The van der Waals surface area contributed by atoms with E-state index in [4.69, 9.17) is 19.4 Å². The Kier molecular flexibility index (Phi) is 5.55. The number of anilines is 1. The number of sulfonamides is 1. The molecule has 1 aromatic heterocycles. The standard InChI is InChI=1S/C21H22N4O5S/c1-13-5-3-6-16(28-2)20(13)31(26,27)25-21-18-17(30-24-21)11-14(12-23-9-4-8-22)15-7-10-29-19(15)18/h3-6,8-9,11,22-23H,7,10,12H2,1-2H3,(H,24,25)/b9-4-,22-8?. The molecule has 9 nitrogen and oxygen atoms in total. The third-order valence-electron chi connectivity index (χ3n) is 5.01. The van der Waals surface area contributed by atoms with E-state index in [0.29, 0.717) is 41.9 Å². The van der Waals surface area contributed by atoms with Crippen molar-refractivity contribution in [2.45, 2.75) is 24.8 Å². The molecule has 3 aromatic rings. The number of hydrogen-bond donors (Lipinski definition) is 3. The molecule has 0 spiro atoms. The van der Waals surface area contributed by atoms with Crippen molar-refractivity contribution in [3.05, 3.63) is 53.2 Å². The van der Waals surface area contributed by atoms with Crippen LogP contribution in [-0.2, 0) is 23.0 Å². The van der Waals surface area contributed by atoms with Gasteiger partial charge in [0.1, 0.15) is 21.8 Å². The summed E-state index contributed by atoms with van der Waals surface area (Å²) in [6.45, 7) is 2.69. The summed E-state index contributed by atoms with van der Waals surface area (Å²) < 4.78 is 45.4. The number of rotatable bonds is 8. The van der Waals surface area contributed by atoms with Crippen LogP contribution in [-0.4, -0.2) is 33.5 Å². The SMILES string of the molecule is COc1cccc(C)c1S(=O)(=O)Nc1noc2cc(CN/C=C\C=N)c3c(c12)OCC3. The Balaban J connectivity index is 1.74. The van der Waals surface area contributed by atoms with Crippen molar-refractivity contribution in [1.82, 2.24) is 10.5 Å². The third kappa shape index (κ3) is 3.81. The van der Waals surface area contributed by atoms with Gasteiger partial charge < -0.3 is 24.7 Å². The zero-order valence-corrected chi connectivity index (χ0v) is 17.9. The fourth-order valence-electron chi connectivity index (χ4n) is 3.67. The molecule has 0 bridgehead atoms. The summed E-state index contributed by atoms with van der Waals surface area (Å²) >= 11 is 0. The van der Waals surface area contributed by atoms with Crippen molar-refractivity contribution < 1.29 is 22.4 Å². The highest BCUT2D eigenvalue weighted by Gasteiger charge is 2.29. The molecule has 0 saturated heterocycles. The molecule has 0 radical (unpaired) electrons. The van der Waals surface area contributed by atoms with Crippen LogP contribution < -0.4 is 19.5 Å². The summed E-state index contributed by atoms with van der Waals surface area (Å²) in [6, 6.07) is 6.85. The molecule has 2 heterocycles. The maximum absolute atomic E-state index is 13.2. The van der Waals surface area contributed by atoms with Crippen molar-refractivity contribution in [1.29, 1.82) is 5.41 Å². The molecule has 0 saturated carbocycles. The first kappa shape index (κ1) is 20.7. The fourth-order valence-corrected chi connectivity index (χ4v) is 5.08. The fraction of sp³-hybridized carbons (Fsp3) is 0.238. The number of allylic oxidation sites excluding steroid dienone is 1. The minimum Gasteiger partial charge on any atom is -0.495 e. The molecule has 0 aliphatic carbocycles. The van der Waals surface area contributed by atoms with Gasteiger partial charge in [0.2, 0.25) is 0 Å². The lowest BCUT2D eigenvalue weighted by atomic mass is 10.0. The molecule has 162 valence electrons. The van der Waals surface area contributed by atoms with Crippen LogP contribution in [0.5, 0.6) is 11.5 Å². The predicted octanol–water partition coefficient (Wildman–Crippen LogP) is 3.13. The highest BCUT2D eigenvalue weighted by Crippen LogP contribution is 2.41. The van der Waals surface area contributed by atoms with E-state index in [-0.39, 0.29) is 16.5 Å². The lowest BCUT2D eigenvalue weighted by Crippen LogP contribution is -2.16. The van der Waals surface area contributed by atoms with E-state index in [1.54, 1.807) is 37.4 Å². The van der Waals surface area contributed by atoms with Gasteiger partial charge in [-0.25, -0.2) is 8.42 Å². The normalized spacial score (nSPS) is 13.2. The molecular weight excluding hydrogens is 420 g/mol. The van der Waals surface area contributed by atoms with Gasteiger partial charge in [0.25, 0.3) is 10.0 Å². The van der Waals surface area contributed by atoms with Gasteiger partial charge in [-0.1, -0.05) is 17.3 Å². The first-order valence-electron chi connectivity index (χ1n) is 9.58. The van der Waals surface area contributed by atoms with Gasteiger partial charge in [0.05, 0.1) is 13.7 Å². The average Bonchev–Trinajstić information content (AvgIpc) is 3.37. The topological polar surface area (TPSA) is 127 Å². The monoisotopic (exact) mass is 442 g/mol. The largest absolute Gasteiger partial charge is 0.495 e. The lowest BCUT2D eigenvalue weighted by molar-refractivity contribution is 0.360. The number of aromatic nitrogens is 1. The molecule has 0 amide bonds. The molecule has 0 fully saturated rings. The Bertz CT molecular complexity index is 1280. The van der Waals surface area contributed by atoms with Crippen molar-refractivity contribution in [2.24, 2.45) is 0 Å². The minimum absolute atomic E-state index is 0.0463. The van der Waals surface area contributed by atoms with Crippen molar-refractivity contribution in [2.75, 3.05) is 18.4 Å². The summed E-state index contributed by atoms with van der Waals surface area (Å²) in [5.74, 6) is 0.885. The summed E-state index contributed by atoms with van der Waals surface area (Å²) in [4.78, 5) is 0.0463. The molecular formula is C21H22N4O5S. The van der Waals surface area contributed by atoms with E-state index < -0.39 is 10.0 Å². The minimum atomic E-state index is -3.99. The van der Waals surface area contributed by atoms with E-state index in [9.17, 15) is 8.42 Å². The second-order valence-corrected chi connectivity index (χ2v) is 8.58. The van der Waals surface area contributed by atoms with Crippen LogP contribution in [0.25, 0.3) is 11.0 Å². The third-order valence-corrected chi connectivity index (χ3v) is 6.53. The summed E-state index contributed by atoms with van der Waals surface area (Å²) in [7, 11) is -2.57. The molecule has 3 N–H and O–H groups in total. The number of methoxy groups -OCH3 is 1. The Morgan fingerprint density at radius 2 is 2.19 bits per heavy atom. The molecule has 0 unspecified atom stereocenters. The molecule has 2 aromatic carbocycles. The van der Waals surface area contributed by atoms with E-state index in [1.807, 2.05) is 6.07 Å². The van der Waals surface area contributed by atoms with Gasteiger partial charge in [-0.05, 0) is 42.5 Å². The van der Waals surface area contributed by atoms with Crippen LogP contribution in [0.3, 0.4) is 0 Å². The lowest BCUT2D eigenvalue weighted by Gasteiger charge is -2.13. The van der Waals surface area contributed by atoms with E-state index >= 15 is 0 Å².